The largest absolute Gasteiger partial charge is 0.756 e. The van der Waals surface area contributed by atoms with Gasteiger partial charge < -0.3 is 27.9 Å². The van der Waals surface area contributed by atoms with Gasteiger partial charge in [-0.05, 0) is 77.0 Å². The monoisotopic (exact) mass is 780 g/mol. The van der Waals surface area contributed by atoms with Crippen LogP contribution < -0.4 is 4.89 Å². The van der Waals surface area contributed by atoms with E-state index in [2.05, 4.69) is 74.6 Å². The highest BCUT2D eigenvalue weighted by Gasteiger charge is 2.21. The van der Waals surface area contributed by atoms with Crippen molar-refractivity contribution >= 4 is 19.8 Å². The molecule has 0 aromatic carbocycles. The van der Waals surface area contributed by atoms with E-state index in [0.717, 1.165) is 70.6 Å². The highest BCUT2D eigenvalue weighted by Crippen LogP contribution is 2.38. The minimum absolute atomic E-state index is 0.0416. The highest BCUT2D eigenvalue weighted by molar-refractivity contribution is 7.45. The summed E-state index contributed by atoms with van der Waals surface area (Å²) in [4.78, 5) is 37.4. The molecule has 0 radical (unpaired) electrons. The minimum atomic E-state index is -4.64. The van der Waals surface area contributed by atoms with Gasteiger partial charge in [-0.25, -0.2) is 0 Å². The van der Waals surface area contributed by atoms with Crippen LogP contribution in [0.15, 0.2) is 60.8 Å². The zero-order chi connectivity index (χ0) is 40.0. The van der Waals surface area contributed by atoms with E-state index in [4.69, 9.17) is 18.5 Å². The summed E-state index contributed by atoms with van der Waals surface area (Å²) in [7, 11) is 1.13. The van der Waals surface area contributed by atoms with Crippen LogP contribution in [0.4, 0.5) is 0 Å². The van der Waals surface area contributed by atoms with E-state index in [1.807, 2.05) is 21.1 Å². The first-order chi connectivity index (χ1) is 26.0. The van der Waals surface area contributed by atoms with Crippen molar-refractivity contribution in [1.29, 1.82) is 0 Å². The number of likely N-dealkylation sites (N-methyl/N-ethyl adjacent to an activating group) is 1. The SMILES string of the molecule is CC/C=C/C/C=C/C/C=C/C/C=C/CCCCC(=O)OC[C@H](COP(=O)([O-])OCC[N+](C)(C)C)OC(=O)CCCCCCC/C=C/CCCCCCCC. The first kappa shape index (κ1) is 51.7. The zero-order valence-electron chi connectivity index (χ0n) is 34.9. The Bertz CT molecular complexity index is 1110. The number of phosphoric ester groups is 1. The molecule has 0 aliphatic rings. The molecule has 0 fully saturated rings. The number of carbonyl (C=O) groups is 2. The maximum Gasteiger partial charge on any atom is 0.306 e. The summed E-state index contributed by atoms with van der Waals surface area (Å²) in [5.74, 6) is -0.898. The summed E-state index contributed by atoms with van der Waals surface area (Å²) in [5, 5.41) is 0. The number of nitrogens with zero attached hydrogens (tertiary/aromatic N) is 1. The molecule has 0 rings (SSSR count). The number of phosphoric acid groups is 1. The van der Waals surface area contributed by atoms with Gasteiger partial charge in [-0.3, -0.25) is 14.2 Å². The van der Waals surface area contributed by atoms with Crippen molar-refractivity contribution in [2.45, 2.75) is 161 Å². The van der Waals surface area contributed by atoms with E-state index in [1.165, 1.54) is 44.9 Å². The van der Waals surface area contributed by atoms with E-state index in [0.29, 0.717) is 23.9 Å². The molecule has 0 heterocycles. The first-order valence-electron chi connectivity index (χ1n) is 21.0. The molecule has 1 unspecified atom stereocenters. The van der Waals surface area contributed by atoms with Gasteiger partial charge in [0.15, 0.2) is 6.10 Å². The van der Waals surface area contributed by atoms with Crippen LogP contribution in [0.25, 0.3) is 0 Å². The van der Waals surface area contributed by atoms with Crippen LogP contribution >= 0.6 is 7.82 Å². The van der Waals surface area contributed by atoms with Crippen molar-refractivity contribution in [3.05, 3.63) is 60.8 Å². The van der Waals surface area contributed by atoms with Crippen LogP contribution in [0.3, 0.4) is 0 Å². The number of ether oxygens (including phenoxy) is 2. The number of quaternary nitrogens is 1. The highest BCUT2D eigenvalue weighted by atomic mass is 31.2. The quantitative estimate of drug-likeness (QED) is 0.0201. The Morgan fingerprint density at radius 1 is 0.593 bits per heavy atom. The Kier molecular flexibility index (Phi) is 34.8. The zero-order valence-corrected chi connectivity index (χ0v) is 35.8. The molecule has 0 saturated carbocycles. The normalized spacial score (nSPS) is 14.3. The molecule has 0 aromatic heterocycles. The van der Waals surface area contributed by atoms with Crippen LogP contribution in [0, 0.1) is 0 Å². The van der Waals surface area contributed by atoms with Gasteiger partial charge in [0.2, 0.25) is 0 Å². The second-order valence-electron chi connectivity index (χ2n) is 15.0. The summed E-state index contributed by atoms with van der Waals surface area (Å²) in [6.45, 7) is 4.03. The Balaban J connectivity index is 4.48. The second-order valence-corrected chi connectivity index (χ2v) is 16.4. The standard InChI is InChI=1S/C44H78NO8P/c1-6-8-10-12-14-16-18-20-22-24-26-28-30-32-34-36-43(46)50-40-42(41-52-54(48,49)51-39-38-45(3,4)5)53-44(47)37-35-33-31-29-27-25-23-21-19-17-15-13-11-9-7-2/h8,10,14,16,20-23,26,28,42H,6-7,9,11-13,15,17-19,24-25,27,29-41H2,1-5H3/b10-8+,16-14+,22-20+,23-21+,28-26+/t42-/m1/s1. The van der Waals surface area contributed by atoms with Crippen LogP contribution in [0.1, 0.15) is 155 Å². The van der Waals surface area contributed by atoms with E-state index < -0.39 is 32.5 Å². The molecule has 0 spiro atoms. The summed E-state index contributed by atoms with van der Waals surface area (Å²) in [6.07, 6.45) is 42.5. The summed E-state index contributed by atoms with van der Waals surface area (Å²) in [6, 6.07) is 0. The molecule has 10 heteroatoms. The number of unbranched alkanes of at least 4 members (excludes halogenated alkanes) is 13. The molecule has 54 heavy (non-hydrogen) atoms. The first-order valence-corrected chi connectivity index (χ1v) is 22.5. The lowest BCUT2D eigenvalue weighted by Gasteiger charge is -2.28. The number of rotatable bonds is 37. The Morgan fingerprint density at radius 3 is 1.63 bits per heavy atom. The minimum Gasteiger partial charge on any atom is -0.756 e. The lowest BCUT2D eigenvalue weighted by atomic mass is 10.1. The van der Waals surface area contributed by atoms with Gasteiger partial charge in [-0.15, -0.1) is 0 Å². The van der Waals surface area contributed by atoms with Crippen LogP contribution in [0.2, 0.25) is 0 Å². The molecule has 0 saturated heterocycles. The molecular weight excluding hydrogens is 701 g/mol. The number of carbonyl (C=O) groups excluding carboxylic acids is 2. The van der Waals surface area contributed by atoms with E-state index in [-0.39, 0.29) is 26.1 Å². The molecule has 0 N–H and O–H groups in total. The van der Waals surface area contributed by atoms with Crippen LogP contribution in [-0.4, -0.2) is 70.0 Å². The summed E-state index contributed by atoms with van der Waals surface area (Å²) in [5.41, 5.74) is 0. The Hall–Kier alpha value is -2.29. The third kappa shape index (κ3) is 39.4. The van der Waals surface area contributed by atoms with Gasteiger partial charge in [0.1, 0.15) is 19.8 Å². The molecule has 0 bridgehead atoms. The molecular formula is C44H78NO8P. The topological polar surface area (TPSA) is 111 Å². The lowest BCUT2D eigenvalue weighted by Crippen LogP contribution is -2.37. The van der Waals surface area contributed by atoms with Crippen molar-refractivity contribution in [1.82, 2.24) is 0 Å². The number of esters is 2. The molecule has 2 atom stereocenters. The van der Waals surface area contributed by atoms with Gasteiger partial charge in [-0.2, -0.15) is 0 Å². The lowest BCUT2D eigenvalue weighted by molar-refractivity contribution is -0.870. The van der Waals surface area contributed by atoms with Crippen molar-refractivity contribution in [3.8, 4) is 0 Å². The average molecular weight is 780 g/mol. The maximum atomic E-state index is 12.6. The molecule has 312 valence electrons. The van der Waals surface area contributed by atoms with Crippen molar-refractivity contribution in [3.63, 3.8) is 0 Å². The third-order valence-electron chi connectivity index (χ3n) is 8.52. The number of hydrogen-bond acceptors (Lipinski definition) is 8. The summed E-state index contributed by atoms with van der Waals surface area (Å²) >= 11 is 0. The van der Waals surface area contributed by atoms with Gasteiger partial charge >= 0.3 is 11.9 Å². The molecule has 0 aliphatic carbocycles. The number of allylic oxidation sites excluding steroid dienone is 10. The van der Waals surface area contributed by atoms with Gasteiger partial charge in [-0.1, -0.05) is 126 Å². The van der Waals surface area contributed by atoms with E-state index in [9.17, 15) is 19.0 Å². The Morgan fingerprint density at radius 2 is 1.06 bits per heavy atom. The fraction of sp³-hybridized carbons (Fsp3) is 0.727. The van der Waals surface area contributed by atoms with E-state index >= 15 is 0 Å². The predicted molar refractivity (Wildman–Crippen MR) is 222 cm³/mol. The fourth-order valence-corrected chi connectivity index (χ4v) is 5.96. The molecule has 9 nitrogen and oxygen atoms in total. The van der Waals surface area contributed by atoms with E-state index in [1.54, 1.807) is 0 Å². The summed E-state index contributed by atoms with van der Waals surface area (Å²) < 4.78 is 33.8. The molecule has 0 aliphatic heterocycles. The fourth-order valence-electron chi connectivity index (χ4n) is 5.23. The maximum absolute atomic E-state index is 12.6. The smallest absolute Gasteiger partial charge is 0.306 e. The van der Waals surface area contributed by atoms with Crippen molar-refractivity contribution < 1.29 is 42.1 Å². The number of hydrogen-bond donors (Lipinski definition) is 0. The average Bonchev–Trinajstić information content (AvgIpc) is 3.12. The molecule has 0 aromatic rings. The van der Waals surface area contributed by atoms with Crippen LogP contribution in [0.5, 0.6) is 0 Å². The van der Waals surface area contributed by atoms with Crippen molar-refractivity contribution in [2.24, 2.45) is 0 Å². The second kappa shape index (κ2) is 36.4. The third-order valence-corrected chi connectivity index (χ3v) is 9.49. The molecule has 0 amide bonds. The van der Waals surface area contributed by atoms with Crippen LogP contribution in [-0.2, 0) is 32.7 Å². The van der Waals surface area contributed by atoms with Gasteiger partial charge in [0.05, 0.1) is 27.7 Å². The van der Waals surface area contributed by atoms with Crippen molar-refractivity contribution in [2.75, 3.05) is 47.5 Å². The Labute approximate surface area is 330 Å². The van der Waals surface area contributed by atoms with Gasteiger partial charge in [0.25, 0.3) is 7.82 Å². The van der Waals surface area contributed by atoms with Gasteiger partial charge in [0, 0.05) is 12.8 Å². The predicted octanol–water partition coefficient (Wildman–Crippen LogP) is 11.1.